The first-order chi connectivity index (χ1) is 9.47. The summed E-state index contributed by atoms with van der Waals surface area (Å²) < 4.78 is 22.6. The molecule has 0 saturated heterocycles. The molecule has 2 aromatic rings. The molecule has 0 spiro atoms. The standard InChI is InChI=1S/C14H15NO3S2/c1-20(17,18)13-4-2-12(3-5-13)14(16)15-8-6-11-7-9-19-10-11/h2-5,7,9-10H,6,8H2,1H3,(H,15,16). The molecule has 1 heterocycles. The molecule has 1 N–H and O–H groups in total. The van der Waals surface area contributed by atoms with Crippen molar-refractivity contribution in [2.24, 2.45) is 0 Å². The Morgan fingerprint density at radius 1 is 1.20 bits per heavy atom. The summed E-state index contributed by atoms with van der Waals surface area (Å²) in [5, 5.41) is 6.86. The van der Waals surface area contributed by atoms with Gasteiger partial charge in [0.15, 0.2) is 9.84 Å². The second-order valence-electron chi connectivity index (χ2n) is 4.43. The Morgan fingerprint density at radius 2 is 1.90 bits per heavy atom. The van der Waals surface area contributed by atoms with Gasteiger partial charge in [0.25, 0.3) is 5.91 Å². The van der Waals surface area contributed by atoms with E-state index in [0.29, 0.717) is 12.1 Å². The number of nitrogens with one attached hydrogen (secondary N) is 1. The fraction of sp³-hybridized carbons (Fsp3) is 0.214. The molecule has 0 aliphatic heterocycles. The van der Waals surface area contributed by atoms with Crippen LogP contribution in [0.1, 0.15) is 15.9 Å². The first-order valence-corrected chi connectivity index (χ1v) is 8.89. The summed E-state index contributed by atoms with van der Waals surface area (Å²) in [6.07, 6.45) is 1.93. The van der Waals surface area contributed by atoms with Gasteiger partial charge in [-0.1, -0.05) is 0 Å². The molecule has 0 radical (unpaired) electrons. The largest absolute Gasteiger partial charge is 0.352 e. The number of benzene rings is 1. The minimum atomic E-state index is -3.22. The SMILES string of the molecule is CS(=O)(=O)c1ccc(C(=O)NCCc2ccsc2)cc1. The molecule has 0 atom stereocenters. The molecule has 106 valence electrons. The van der Waals surface area contributed by atoms with Gasteiger partial charge < -0.3 is 5.32 Å². The molecule has 0 bridgehead atoms. The first-order valence-electron chi connectivity index (χ1n) is 6.06. The van der Waals surface area contributed by atoms with E-state index in [1.807, 2.05) is 16.8 Å². The average Bonchev–Trinajstić information content (AvgIpc) is 2.91. The van der Waals surface area contributed by atoms with Gasteiger partial charge in [-0.3, -0.25) is 4.79 Å². The van der Waals surface area contributed by atoms with Crippen molar-refractivity contribution in [3.05, 3.63) is 52.2 Å². The zero-order chi connectivity index (χ0) is 14.6. The molecular formula is C14H15NO3S2. The molecule has 0 aliphatic rings. The fourth-order valence-corrected chi connectivity index (χ4v) is 3.04. The third-order valence-corrected chi connectivity index (χ3v) is 4.68. The number of carbonyl (C=O) groups is 1. The predicted molar refractivity (Wildman–Crippen MR) is 79.9 cm³/mol. The zero-order valence-electron chi connectivity index (χ0n) is 11.0. The Bertz CT molecular complexity index is 674. The third-order valence-electron chi connectivity index (χ3n) is 2.82. The van der Waals surface area contributed by atoms with E-state index in [9.17, 15) is 13.2 Å². The van der Waals surface area contributed by atoms with E-state index in [4.69, 9.17) is 0 Å². The highest BCUT2D eigenvalue weighted by atomic mass is 32.2. The van der Waals surface area contributed by atoms with Crippen LogP contribution in [-0.4, -0.2) is 27.1 Å². The number of sulfone groups is 1. The number of hydrogen-bond donors (Lipinski definition) is 1. The maximum absolute atomic E-state index is 11.9. The Kier molecular flexibility index (Phi) is 4.57. The van der Waals surface area contributed by atoms with Crippen molar-refractivity contribution in [2.75, 3.05) is 12.8 Å². The molecule has 0 unspecified atom stereocenters. The van der Waals surface area contributed by atoms with Gasteiger partial charge in [0.1, 0.15) is 0 Å². The van der Waals surface area contributed by atoms with E-state index in [1.165, 1.54) is 29.8 Å². The highest BCUT2D eigenvalue weighted by Gasteiger charge is 2.09. The van der Waals surface area contributed by atoms with Crippen molar-refractivity contribution in [3.63, 3.8) is 0 Å². The second-order valence-corrected chi connectivity index (χ2v) is 7.23. The van der Waals surface area contributed by atoms with E-state index in [1.54, 1.807) is 11.3 Å². The van der Waals surface area contributed by atoms with Crippen LogP contribution in [0.5, 0.6) is 0 Å². The van der Waals surface area contributed by atoms with Gasteiger partial charge in [0.05, 0.1) is 4.90 Å². The van der Waals surface area contributed by atoms with Gasteiger partial charge in [-0.2, -0.15) is 11.3 Å². The van der Waals surface area contributed by atoms with Crippen molar-refractivity contribution in [1.29, 1.82) is 0 Å². The number of amides is 1. The number of thiophene rings is 1. The van der Waals surface area contributed by atoms with E-state index < -0.39 is 9.84 Å². The molecule has 6 heteroatoms. The quantitative estimate of drug-likeness (QED) is 0.920. The smallest absolute Gasteiger partial charge is 0.251 e. The normalized spacial score (nSPS) is 11.2. The van der Waals surface area contributed by atoms with E-state index in [2.05, 4.69) is 5.32 Å². The van der Waals surface area contributed by atoms with Crippen molar-refractivity contribution < 1.29 is 13.2 Å². The molecular weight excluding hydrogens is 294 g/mol. The lowest BCUT2D eigenvalue weighted by atomic mass is 10.2. The fourth-order valence-electron chi connectivity index (χ4n) is 1.71. The lowest BCUT2D eigenvalue weighted by Gasteiger charge is -2.05. The van der Waals surface area contributed by atoms with Gasteiger partial charge in [-0.05, 0) is 53.1 Å². The minimum absolute atomic E-state index is 0.194. The van der Waals surface area contributed by atoms with Gasteiger partial charge >= 0.3 is 0 Å². The molecule has 2 rings (SSSR count). The number of rotatable bonds is 5. The Hall–Kier alpha value is -1.66. The first kappa shape index (κ1) is 14.7. The Balaban J connectivity index is 1.92. The summed E-state index contributed by atoms with van der Waals surface area (Å²) in [6, 6.07) is 7.97. The highest BCUT2D eigenvalue weighted by Crippen LogP contribution is 2.10. The lowest BCUT2D eigenvalue weighted by Crippen LogP contribution is -2.25. The summed E-state index contributed by atoms with van der Waals surface area (Å²) in [6.45, 7) is 0.559. The molecule has 20 heavy (non-hydrogen) atoms. The van der Waals surface area contributed by atoms with Gasteiger partial charge in [0, 0.05) is 18.4 Å². The van der Waals surface area contributed by atoms with Crippen LogP contribution >= 0.6 is 11.3 Å². The minimum Gasteiger partial charge on any atom is -0.352 e. The molecule has 0 saturated carbocycles. The molecule has 0 fully saturated rings. The highest BCUT2D eigenvalue weighted by molar-refractivity contribution is 7.90. The number of carbonyl (C=O) groups excluding carboxylic acids is 1. The van der Waals surface area contributed by atoms with Gasteiger partial charge in [0.2, 0.25) is 0 Å². The average molecular weight is 309 g/mol. The van der Waals surface area contributed by atoms with Crippen molar-refractivity contribution >= 4 is 27.1 Å². The Labute approximate surface area is 122 Å². The summed E-state index contributed by atoms with van der Waals surface area (Å²) >= 11 is 1.63. The summed E-state index contributed by atoms with van der Waals surface area (Å²) in [7, 11) is -3.22. The monoisotopic (exact) mass is 309 g/mol. The van der Waals surface area contributed by atoms with Crippen LogP contribution in [0, 0.1) is 0 Å². The molecule has 1 aromatic carbocycles. The van der Waals surface area contributed by atoms with Crippen molar-refractivity contribution in [1.82, 2.24) is 5.32 Å². The molecule has 4 nitrogen and oxygen atoms in total. The zero-order valence-corrected chi connectivity index (χ0v) is 12.6. The van der Waals surface area contributed by atoms with Crippen LogP contribution in [0.15, 0.2) is 46.0 Å². The maximum Gasteiger partial charge on any atom is 0.251 e. The number of hydrogen-bond acceptors (Lipinski definition) is 4. The van der Waals surface area contributed by atoms with Gasteiger partial charge in [-0.15, -0.1) is 0 Å². The summed E-state index contributed by atoms with van der Waals surface area (Å²) in [4.78, 5) is 12.1. The van der Waals surface area contributed by atoms with Crippen LogP contribution < -0.4 is 5.32 Å². The third kappa shape index (κ3) is 3.91. The summed E-state index contributed by atoms with van der Waals surface area (Å²) in [5.74, 6) is -0.194. The van der Waals surface area contributed by atoms with E-state index >= 15 is 0 Å². The summed E-state index contributed by atoms with van der Waals surface area (Å²) in [5.41, 5.74) is 1.66. The van der Waals surface area contributed by atoms with Crippen molar-refractivity contribution in [3.8, 4) is 0 Å². The van der Waals surface area contributed by atoms with E-state index in [-0.39, 0.29) is 10.8 Å². The van der Waals surface area contributed by atoms with Crippen molar-refractivity contribution in [2.45, 2.75) is 11.3 Å². The van der Waals surface area contributed by atoms with Crippen LogP contribution in [-0.2, 0) is 16.3 Å². The molecule has 0 aliphatic carbocycles. The predicted octanol–water partition coefficient (Wildman–Crippen LogP) is 2.12. The molecule has 1 aromatic heterocycles. The van der Waals surface area contributed by atoms with Crippen LogP contribution in [0.3, 0.4) is 0 Å². The Morgan fingerprint density at radius 3 is 2.45 bits per heavy atom. The van der Waals surface area contributed by atoms with Crippen LogP contribution in [0.4, 0.5) is 0 Å². The van der Waals surface area contributed by atoms with E-state index in [0.717, 1.165) is 12.7 Å². The lowest BCUT2D eigenvalue weighted by molar-refractivity contribution is 0.0954. The topological polar surface area (TPSA) is 63.2 Å². The van der Waals surface area contributed by atoms with Crippen LogP contribution in [0.2, 0.25) is 0 Å². The second kappa shape index (κ2) is 6.19. The van der Waals surface area contributed by atoms with Crippen LogP contribution in [0.25, 0.3) is 0 Å². The molecule has 1 amide bonds. The van der Waals surface area contributed by atoms with Gasteiger partial charge in [-0.25, -0.2) is 8.42 Å². The maximum atomic E-state index is 11.9.